The van der Waals surface area contributed by atoms with Crippen molar-refractivity contribution >= 4 is 45.0 Å². The number of ether oxygens (including phenoxy) is 2. The number of carbonyl (C=O) groups is 4. The van der Waals surface area contributed by atoms with E-state index in [1.807, 2.05) is 0 Å². The Balaban J connectivity index is -0.000000559. The molecule has 0 atom stereocenters. The molecule has 0 amide bonds. The molecule has 252 valence electrons. The summed E-state index contributed by atoms with van der Waals surface area (Å²) < 4.78 is 11.5. The Morgan fingerprint density at radius 3 is 0.977 bits per heavy atom. The molecule has 0 aliphatic carbocycles. The van der Waals surface area contributed by atoms with Gasteiger partial charge in [0.15, 0.2) is 0 Å². The molecule has 0 radical (unpaired) electrons. The molecule has 0 saturated heterocycles. The summed E-state index contributed by atoms with van der Waals surface area (Å²) in [5.41, 5.74) is 0. The maximum absolute atomic E-state index is 11.0. The van der Waals surface area contributed by atoms with Crippen LogP contribution in [0.15, 0.2) is 0 Å². The van der Waals surface area contributed by atoms with Gasteiger partial charge in [-0.3, -0.25) is 0 Å². The SMILES string of the molecule is CCCCCCCCCCCC(=O)[O-].CCCCCCCCCCCC(=O)[O-].CCOC(=O)C[CH2][Sn+2][CH2]CC(=O)OCC. The fourth-order valence-corrected chi connectivity index (χ4v) is 7.02. The van der Waals surface area contributed by atoms with Gasteiger partial charge in [0.1, 0.15) is 0 Å². The van der Waals surface area contributed by atoms with Crippen LogP contribution in [0.2, 0.25) is 8.87 Å². The summed E-state index contributed by atoms with van der Waals surface area (Å²) in [6.45, 7) is 8.95. The first-order chi connectivity index (χ1) is 20.7. The van der Waals surface area contributed by atoms with Crippen LogP contribution in [-0.2, 0) is 28.7 Å². The van der Waals surface area contributed by atoms with Gasteiger partial charge in [-0.15, -0.1) is 0 Å². The van der Waals surface area contributed by atoms with Crippen LogP contribution >= 0.6 is 0 Å². The van der Waals surface area contributed by atoms with Gasteiger partial charge in [0.05, 0.1) is 0 Å². The fraction of sp³-hybridized carbons (Fsp3) is 0.882. The van der Waals surface area contributed by atoms with E-state index in [0.29, 0.717) is 26.1 Å². The quantitative estimate of drug-likeness (QED) is 0.0493. The minimum absolute atomic E-state index is 0.116. The molecule has 0 saturated carbocycles. The molecular formula is C34H64O8Sn. The van der Waals surface area contributed by atoms with E-state index < -0.39 is 33.1 Å². The third-order valence-corrected chi connectivity index (χ3v) is 10.0. The summed E-state index contributed by atoms with van der Waals surface area (Å²) in [5, 5.41) is 20.2. The zero-order valence-electron chi connectivity index (χ0n) is 28.2. The molecule has 0 rings (SSSR count). The topological polar surface area (TPSA) is 133 Å². The molecule has 0 aliphatic heterocycles. The average molecular weight is 720 g/mol. The number of hydrogen-bond acceptors (Lipinski definition) is 8. The Morgan fingerprint density at radius 1 is 0.442 bits per heavy atom. The summed E-state index contributed by atoms with van der Waals surface area (Å²) in [6, 6.07) is 0. The van der Waals surface area contributed by atoms with Crippen molar-refractivity contribution in [2.24, 2.45) is 0 Å². The number of carbonyl (C=O) groups excluding carboxylic acids is 4. The summed E-state index contributed by atoms with van der Waals surface area (Å²) in [7, 11) is 0. The van der Waals surface area contributed by atoms with Gasteiger partial charge in [-0.1, -0.05) is 117 Å². The second kappa shape index (κ2) is 40.7. The summed E-state index contributed by atoms with van der Waals surface area (Å²) in [6.07, 6.45) is 23.4. The molecule has 0 N–H and O–H groups in total. The van der Waals surface area contributed by atoms with Gasteiger partial charge in [-0.25, -0.2) is 0 Å². The second-order valence-corrected chi connectivity index (χ2v) is 15.0. The Hall–Kier alpha value is -1.32. The van der Waals surface area contributed by atoms with Crippen molar-refractivity contribution in [3.05, 3.63) is 0 Å². The molecule has 43 heavy (non-hydrogen) atoms. The molecule has 0 fully saturated rings. The Morgan fingerprint density at radius 2 is 0.721 bits per heavy atom. The third kappa shape index (κ3) is 50.6. The van der Waals surface area contributed by atoms with Gasteiger partial charge < -0.3 is 19.8 Å². The van der Waals surface area contributed by atoms with Crippen molar-refractivity contribution in [3.63, 3.8) is 0 Å². The van der Waals surface area contributed by atoms with Crippen LogP contribution in [-0.4, -0.2) is 58.2 Å². The van der Waals surface area contributed by atoms with E-state index in [1.54, 1.807) is 13.8 Å². The molecule has 9 heteroatoms. The minimum atomic E-state index is -0.909. The Bertz CT molecular complexity index is 576. The van der Waals surface area contributed by atoms with Crippen molar-refractivity contribution < 1.29 is 38.9 Å². The van der Waals surface area contributed by atoms with Gasteiger partial charge in [0, 0.05) is 11.9 Å². The summed E-state index contributed by atoms with van der Waals surface area (Å²) in [5.74, 6) is -2.05. The van der Waals surface area contributed by atoms with Gasteiger partial charge in [0.25, 0.3) is 0 Å². The second-order valence-electron chi connectivity index (χ2n) is 10.8. The number of rotatable bonds is 28. The van der Waals surface area contributed by atoms with Crippen LogP contribution in [0.3, 0.4) is 0 Å². The van der Waals surface area contributed by atoms with Crippen LogP contribution in [0.1, 0.15) is 169 Å². The number of esters is 2. The van der Waals surface area contributed by atoms with Gasteiger partial charge >= 0.3 is 101 Å². The normalized spacial score (nSPS) is 9.95. The Kier molecular flexibility index (Phi) is 43.6. The van der Waals surface area contributed by atoms with Crippen LogP contribution in [0.5, 0.6) is 0 Å². The van der Waals surface area contributed by atoms with Crippen molar-refractivity contribution in [2.45, 2.75) is 178 Å². The van der Waals surface area contributed by atoms with Crippen LogP contribution < -0.4 is 10.2 Å². The molecule has 0 heterocycles. The van der Waals surface area contributed by atoms with Gasteiger partial charge in [-0.05, 0) is 25.7 Å². The fourth-order valence-electron chi connectivity index (χ4n) is 4.13. The van der Waals surface area contributed by atoms with E-state index in [9.17, 15) is 29.4 Å². The number of carboxylic acid groups (broad SMARTS) is 2. The van der Waals surface area contributed by atoms with E-state index in [4.69, 9.17) is 9.47 Å². The third-order valence-electron chi connectivity index (χ3n) is 6.59. The molecule has 0 aromatic rings. The maximum atomic E-state index is 11.0. The molecule has 0 unspecified atom stereocenters. The molecule has 0 bridgehead atoms. The van der Waals surface area contributed by atoms with Crippen LogP contribution in [0, 0.1) is 0 Å². The van der Waals surface area contributed by atoms with Crippen molar-refractivity contribution in [1.29, 1.82) is 0 Å². The average Bonchev–Trinajstić information content (AvgIpc) is 2.96. The molecule has 0 aliphatic rings. The van der Waals surface area contributed by atoms with Crippen molar-refractivity contribution in [2.75, 3.05) is 13.2 Å². The molecule has 0 aromatic carbocycles. The van der Waals surface area contributed by atoms with Crippen LogP contribution in [0.25, 0.3) is 0 Å². The van der Waals surface area contributed by atoms with E-state index in [2.05, 4.69) is 13.8 Å². The van der Waals surface area contributed by atoms with Gasteiger partial charge in [-0.2, -0.15) is 0 Å². The first kappa shape index (κ1) is 46.1. The number of hydrogen-bond donors (Lipinski definition) is 0. The van der Waals surface area contributed by atoms with Crippen molar-refractivity contribution in [3.8, 4) is 0 Å². The van der Waals surface area contributed by atoms with E-state index in [1.165, 1.54) is 89.9 Å². The number of aliphatic carboxylic acids is 2. The van der Waals surface area contributed by atoms with E-state index >= 15 is 0 Å². The summed E-state index contributed by atoms with van der Waals surface area (Å²) >= 11 is -0.572. The monoisotopic (exact) mass is 720 g/mol. The van der Waals surface area contributed by atoms with Crippen molar-refractivity contribution in [1.82, 2.24) is 0 Å². The predicted molar refractivity (Wildman–Crippen MR) is 172 cm³/mol. The first-order valence-electron chi connectivity index (χ1n) is 17.2. The standard InChI is InChI=1S/2C12H24O2.2C5H9O2.Sn/c2*1-2-3-4-5-6-7-8-9-10-11-12(13)14;2*1-3-5(6)7-4-2;/h2*2-11H2,1H3,(H,13,14);2*1,3-4H2,2H3;/q;;;;+2/p-2. The zero-order valence-corrected chi connectivity index (χ0v) is 31.0. The summed E-state index contributed by atoms with van der Waals surface area (Å²) in [4.78, 5) is 42.1. The molecule has 0 aromatic heterocycles. The Labute approximate surface area is 274 Å². The zero-order chi connectivity index (χ0) is 32.8. The van der Waals surface area contributed by atoms with E-state index in [-0.39, 0.29) is 24.8 Å². The molecule has 0 spiro atoms. The number of unbranched alkanes of at least 4 members (excludes halogenated alkanes) is 16. The molecular weight excluding hydrogens is 655 g/mol. The molecule has 8 nitrogen and oxygen atoms in total. The number of carboxylic acids is 2. The first-order valence-corrected chi connectivity index (χ1v) is 21.2. The predicted octanol–water partition coefficient (Wildman–Crippen LogP) is 6.75. The van der Waals surface area contributed by atoms with Crippen LogP contribution in [0.4, 0.5) is 0 Å². The van der Waals surface area contributed by atoms with E-state index in [0.717, 1.165) is 34.6 Å². The van der Waals surface area contributed by atoms with Gasteiger partial charge in [0.2, 0.25) is 0 Å².